The van der Waals surface area contributed by atoms with Crippen molar-refractivity contribution in [2.24, 2.45) is 0 Å². The fourth-order valence-corrected chi connectivity index (χ4v) is 2.77. The number of rotatable bonds is 4. The Morgan fingerprint density at radius 1 is 1.48 bits per heavy atom. The monoisotopic (exact) mass is 289 g/mol. The second-order valence-corrected chi connectivity index (χ2v) is 5.91. The van der Waals surface area contributed by atoms with Crippen LogP contribution < -0.4 is 0 Å². The average Bonchev–Trinajstić information content (AvgIpc) is 3.08. The van der Waals surface area contributed by atoms with E-state index in [9.17, 15) is 0 Å². The average molecular weight is 289 g/mol. The summed E-state index contributed by atoms with van der Waals surface area (Å²) in [6.07, 6.45) is 3.76. The molecule has 6 nitrogen and oxygen atoms in total. The van der Waals surface area contributed by atoms with Crippen LogP contribution in [0.5, 0.6) is 0 Å². The Hall–Kier alpha value is -1.66. The largest absolute Gasteiger partial charge is 0.368 e. The van der Waals surface area contributed by atoms with Gasteiger partial charge < -0.3 is 9.72 Å². The molecule has 1 aliphatic heterocycles. The lowest BCUT2D eigenvalue weighted by molar-refractivity contribution is -0.0376. The lowest BCUT2D eigenvalue weighted by atomic mass is 10.2. The summed E-state index contributed by atoms with van der Waals surface area (Å²) in [5.41, 5.74) is 2.32. The van der Waals surface area contributed by atoms with Gasteiger partial charge in [-0.2, -0.15) is 5.10 Å². The van der Waals surface area contributed by atoms with E-state index in [0.717, 1.165) is 37.8 Å². The molecule has 1 N–H and O–H groups in total. The molecule has 3 heterocycles. The Bertz CT molecular complexity index is 588. The molecule has 0 bridgehead atoms. The summed E-state index contributed by atoms with van der Waals surface area (Å²) in [6.45, 7) is 9.76. The molecule has 0 amide bonds. The molecule has 0 spiro atoms. The zero-order valence-electron chi connectivity index (χ0n) is 12.9. The zero-order chi connectivity index (χ0) is 14.8. The molecule has 21 heavy (non-hydrogen) atoms. The summed E-state index contributed by atoms with van der Waals surface area (Å²) in [5.74, 6) is 0.926. The van der Waals surface area contributed by atoms with E-state index < -0.39 is 0 Å². The molecular weight excluding hydrogens is 266 g/mol. The fraction of sp³-hybridized carbons (Fsp3) is 0.600. The topological polar surface area (TPSA) is 59.0 Å². The Kier molecular flexibility index (Phi) is 4.07. The summed E-state index contributed by atoms with van der Waals surface area (Å²) in [5, 5.41) is 4.40. The summed E-state index contributed by atoms with van der Waals surface area (Å²) >= 11 is 0. The van der Waals surface area contributed by atoms with E-state index in [-0.39, 0.29) is 6.10 Å². The van der Waals surface area contributed by atoms with Gasteiger partial charge in [0.05, 0.1) is 12.3 Å². The highest BCUT2D eigenvalue weighted by molar-refractivity contribution is 5.05. The number of imidazole rings is 1. The van der Waals surface area contributed by atoms with Crippen LogP contribution in [0.3, 0.4) is 0 Å². The maximum atomic E-state index is 5.85. The van der Waals surface area contributed by atoms with Gasteiger partial charge in [-0.3, -0.25) is 9.58 Å². The maximum absolute atomic E-state index is 5.85. The Balaban J connectivity index is 1.67. The number of nitrogens with one attached hydrogen (secondary N) is 1. The summed E-state index contributed by atoms with van der Waals surface area (Å²) in [7, 11) is 0. The smallest absolute Gasteiger partial charge is 0.136 e. The van der Waals surface area contributed by atoms with Crippen molar-refractivity contribution in [2.75, 3.05) is 19.7 Å². The van der Waals surface area contributed by atoms with Crippen molar-refractivity contribution in [1.29, 1.82) is 0 Å². The zero-order valence-corrected chi connectivity index (χ0v) is 12.9. The highest BCUT2D eigenvalue weighted by atomic mass is 16.5. The van der Waals surface area contributed by atoms with Crippen LogP contribution in [-0.4, -0.2) is 44.3 Å². The van der Waals surface area contributed by atoms with Gasteiger partial charge in [0.2, 0.25) is 0 Å². The van der Waals surface area contributed by atoms with Crippen LogP contribution in [-0.2, 0) is 11.3 Å². The lowest BCUT2D eigenvalue weighted by Crippen LogP contribution is -2.38. The third kappa shape index (κ3) is 3.16. The number of morpholine rings is 1. The molecule has 114 valence electrons. The molecule has 0 radical (unpaired) electrons. The molecule has 0 aromatic carbocycles. The maximum Gasteiger partial charge on any atom is 0.136 e. The lowest BCUT2D eigenvalue weighted by Gasteiger charge is -2.32. The standard InChI is InChI=1S/C15H23N5O/c1-11(2)20-13(4-5-17-20)9-19-6-7-21-14(10-19)15-16-8-12(3)18-15/h4-5,8,11,14H,6-7,9-10H2,1-3H3,(H,16,18)/t14-/m0/s1. The fourth-order valence-electron chi connectivity index (χ4n) is 2.77. The van der Waals surface area contributed by atoms with Gasteiger partial charge in [0.25, 0.3) is 0 Å². The summed E-state index contributed by atoms with van der Waals surface area (Å²) < 4.78 is 7.93. The molecular formula is C15H23N5O. The van der Waals surface area contributed by atoms with E-state index in [2.05, 4.69) is 44.6 Å². The third-order valence-corrected chi connectivity index (χ3v) is 3.81. The molecule has 2 aromatic rings. The van der Waals surface area contributed by atoms with Gasteiger partial charge in [0.15, 0.2) is 0 Å². The quantitative estimate of drug-likeness (QED) is 0.936. The number of aromatic amines is 1. The minimum absolute atomic E-state index is 0.0304. The van der Waals surface area contributed by atoms with E-state index in [4.69, 9.17) is 4.74 Å². The van der Waals surface area contributed by atoms with E-state index in [1.54, 1.807) is 0 Å². The van der Waals surface area contributed by atoms with Crippen LogP contribution >= 0.6 is 0 Å². The SMILES string of the molecule is Cc1cnc([C@@H]2CN(Cc3ccnn3C(C)C)CCO2)[nH]1. The van der Waals surface area contributed by atoms with Crippen LogP contribution in [0.1, 0.15) is 43.2 Å². The van der Waals surface area contributed by atoms with Crippen molar-refractivity contribution in [3.05, 3.63) is 35.7 Å². The normalized spacial score (nSPS) is 20.3. The Morgan fingerprint density at radius 2 is 2.33 bits per heavy atom. The van der Waals surface area contributed by atoms with Crippen LogP contribution in [0.2, 0.25) is 0 Å². The first kappa shape index (κ1) is 14.3. The van der Waals surface area contributed by atoms with Gasteiger partial charge in [-0.05, 0) is 26.8 Å². The number of nitrogens with zero attached hydrogens (tertiary/aromatic N) is 4. The number of aromatic nitrogens is 4. The molecule has 0 unspecified atom stereocenters. The molecule has 2 aromatic heterocycles. The summed E-state index contributed by atoms with van der Waals surface area (Å²) in [4.78, 5) is 10.1. The van der Waals surface area contributed by atoms with Gasteiger partial charge in [-0.15, -0.1) is 0 Å². The van der Waals surface area contributed by atoms with Crippen molar-refractivity contribution in [2.45, 2.75) is 39.5 Å². The van der Waals surface area contributed by atoms with Crippen molar-refractivity contribution >= 4 is 0 Å². The number of aryl methyl sites for hydroxylation is 1. The molecule has 1 fully saturated rings. The first-order chi connectivity index (χ1) is 10.1. The molecule has 6 heteroatoms. The van der Waals surface area contributed by atoms with Crippen molar-refractivity contribution in [3.63, 3.8) is 0 Å². The second-order valence-electron chi connectivity index (χ2n) is 5.91. The van der Waals surface area contributed by atoms with E-state index in [1.807, 2.05) is 19.3 Å². The first-order valence-electron chi connectivity index (χ1n) is 7.51. The number of ether oxygens (including phenoxy) is 1. The van der Waals surface area contributed by atoms with Crippen LogP contribution in [0.25, 0.3) is 0 Å². The number of hydrogen-bond acceptors (Lipinski definition) is 4. The Labute approximate surface area is 125 Å². The molecule has 0 saturated carbocycles. The molecule has 1 saturated heterocycles. The van der Waals surface area contributed by atoms with Gasteiger partial charge in [0, 0.05) is 43.8 Å². The second kappa shape index (κ2) is 5.99. The minimum atomic E-state index is 0.0304. The van der Waals surface area contributed by atoms with Crippen LogP contribution in [0, 0.1) is 6.92 Å². The van der Waals surface area contributed by atoms with Crippen LogP contribution in [0.15, 0.2) is 18.5 Å². The van der Waals surface area contributed by atoms with Crippen molar-refractivity contribution < 1.29 is 4.74 Å². The van der Waals surface area contributed by atoms with Crippen molar-refractivity contribution in [3.8, 4) is 0 Å². The predicted molar refractivity (Wildman–Crippen MR) is 79.9 cm³/mol. The van der Waals surface area contributed by atoms with E-state index >= 15 is 0 Å². The Morgan fingerprint density at radius 3 is 3.05 bits per heavy atom. The molecule has 0 aliphatic carbocycles. The van der Waals surface area contributed by atoms with E-state index in [1.165, 1.54) is 5.69 Å². The van der Waals surface area contributed by atoms with Gasteiger partial charge >= 0.3 is 0 Å². The molecule has 1 aliphatic rings. The van der Waals surface area contributed by atoms with Crippen molar-refractivity contribution in [1.82, 2.24) is 24.6 Å². The molecule has 1 atom stereocenters. The highest BCUT2D eigenvalue weighted by Crippen LogP contribution is 2.21. The first-order valence-corrected chi connectivity index (χ1v) is 7.51. The third-order valence-electron chi connectivity index (χ3n) is 3.81. The molecule has 3 rings (SSSR count). The van der Waals surface area contributed by atoms with Gasteiger partial charge in [-0.1, -0.05) is 0 Å². The van der Waals surface area contributed by atoms with Gasteiger partial charge in [0.1, 0.15) is 11.9 Å². The minimum Gasteiger partial charge on any atom is -0.368 e. The summed E-state index contributed by atoms with van der Waals surface area (Å²) in [6, 6.07) is 2.49. The highest BCUT2D eigenvalue weighted by Gasteiger charge is 2.24. The van der Waals surface area contributed by atoms with Gasteiger partial charge in [-0.25, -0.2) is 4.98 Å². The number of hydrogen-bond donors (Lipinski definition) is 1. The predicted octanol–water partition coefficient (Wildman–Crippen LogP) is 2.07. The van der Waals surface area contributed by atoms with Crippen LogP contribution in [0.4, 0.5) is 0 Å². The number of H-pyrrole nitrogens is 1. The van der Waals surface area contributed by atoms with E-state index in [0.29, 0.717) is 6.04 Å².